The van der Waals surface area contributed by atoms with Crippen molar-refractivity contribution in [3.8, 4) is 5.75 Å². The summed E-state index contributed by atoms with van der Waals surface area (Å²) in [7, 11) is 1.40. The summed E-state index contributed by atoms with van der Waals surface area (Å²) >= 11 is 0. The van der Waals surface area contributed by atoms with Crippen molar-refractivity contribution in [1.29, 1.82) is 0 Å². The van der Waals surface area contributed by atoms with Gasteiger partial charge in [-0.2, -0.15) is 13.2 Å². The number of methoxy groups -OCH3 is 1. The Kier molecular flexibility index (Phi) is 5.49. The largest absolute Gasteiger partial charge is 0.497 e. The van der Waals surface area contributed by atoms with E-state index in [9.17, 15) is 18.0 Å². The quantitative estimate of drug-likeness (QED) is 0.634. The van der Waals surface area contributed by atoms with Crippen LogP contribution in [0.1, 0.15) is 51.2 Å². The van der Waals surface area contributed by atoms with Gasteiger partial charge in [0.1, 0.15) is 11.3 Å². The fourth-order valence-electron chi connectivity index (χ4n) is 2.93. The molecule has 1 aromatic heterocycles. The number of hydrogen-bond donors (Lipinski definition) is 0. The Morgan fingerprint density at radius 2 is 1.80 bits per heavy atom. The van der Waals surface area contributed by atoms with Gasteiger partial charge in [0.05, 0.1) is 18.2 Å². The summed E-state index contributed by atoms with van der Waals surface area (Å²) in [6.45, 7) is 6.03. The average molecular weight is 356 g/mol. The van der Waals surface area contributed by atoms with Gasteiger partial charge in [0.2, 0.25) is 0 Å². The zero-order chi connectivity index (χ0) is 18.8. The number of ether oxygens (including phenoxy) is 1. The molecule has 0 saturated heterocycles. The molecule has 0 saturated carbocycles. The molecule has 0 fully saturated rings. The first-order chi connectivity index (χ1) is 11.6. The van der Waals surface area contributed by atoms with Crippen LogP contribution in [0.15, 0.2) is 27.4 Å². The van der Waals surface area contributed by atoms with E-state index in [1.807, 2.05) is 20.8 Å². The molecule has 0 spiro atoms. The van der Waals surface area contributed by atoms with Crippen molar-refractivity contribution in [3.05, 3.63) is 39.7 Å². The number of benzene rings is 1. The SMILES string of the molecule is CCC(C)(CC)CCc1c(C(F)(F)F)c2ccc(OC)cc2oc1=O. The molecule has 25 heavy (non-hydrogen) atoms. The van der Waals surface area contributed by atoms with Crippen LogP contribution < -0.4 is 10.4 Å². The lowest BCUT2D eigenvalue weighted by Crippen LogP contribution is -2.22. The lowest BCUT2D eigenvalue weighted by molar-refractivity contribution is -0.137. The van der Waals surface area contributed by atoms with Crippen molar-refractivity contribution < 1.29 is 22.3 Å². The van der Waals surface area contributed by atoms with Gasteiger partial charge in [0, 0.05) is 11.5 Å². The standard InChI is InChI=1S/C19H23F3O3/c1-5-18(3,6-2)10-9-14-16(19(20,21)22)13-8-7-12(24-4)11-15(13)25-17(14)23/h7-8,11H,5-6,9-10H2,1-4H3. The maximum absolute atomic E-state index is 13.7. The van der Waals surface area contributed by atoms with E-state index in [0.29, 0.717) is 12.2 Å². The Morgan fingerprint density at radius 1 is 1.16 bits per heavy atom. The molecule has 0 amide bonds. The highest BCUT2D eigenvalue weighted by molar-refractivity contribution is 5.83. The van der Waals surface area contributed by atoms with Crippen LogP contribution in [0.5, 0.6) is 5.75 Å². The summed E-state index contributed by atoms with van der Waals surface area (Å²) < 4.78 is 51.3. The lowest BCUT2D eigenvalue weighted by Gasteiger charge is -2.27. The van der Waals surface area contributed by atoms with Crippen molar-refractivity contribution in [1.82, 2.24) is 0 Å². The molecule has 0 N–H and O–H groups in total. The molecular formula is C19H23F3O3. The van der Waals surface area contributed by atoms with Gasteiger partial charge in [-0.15, -0.1) is 0 Å². The summed E-state index contributed by atoms with van der Waals surface area (Å²) in [5.74, 6) is 0.334. The average Bonchev–Trinajstić information content (AvgIpc) is 2.57. The molecular weight excluding hydrogens is 333 g/mol. The second-order valence-electron chi connectivity index (χ2n) is 6.62. The Balaban J connectivity index is 2.63. The monoisotopic (exact) mass is 356 g/mol. The van der Waals surface area contributed by atoms with Crippen LogP contribution in [0, 0.1) is 5.41 Å². The molecule has 0 aliphatic heterocycles. The number of rotatable bonds is 6. The van der Waals surface area contributed by atoms with Gasteiger partial charge in [-0.1, -0.05) is 33.6 Å². The predicted molar refractivity (Wildman–Crippen MR) is 91.0 cm³/mol. The van der Waals surface area contributed by atoms with Crippen LogP contribution in [-0.2, 0) is 12.6 Å². The van der Waals surface area contributed by atoms with Crippen molar-refractivity contribution in [2.45, 2.75) is 52.6 Å². The van der Waals surface area contributed by atoms with Crippen molar-refractivity contribution >= 4 is 11.0 Å². The number of fused-ring (bicyclic) bond motifs is 1. The van der Waals surface area contributed by atoms with Gasteiger partial charge in [-0.05, 0) is 30.4 Å². The van der Waals surface area contributed by atoms with E-state index in [1.165, 1.54) is 25.3 Å². The van der Waals surface area contributed by atoms with E-state index in [4.69, 9.17) is 9.15 Å². The maximum atomic E-state index is 13.7. The molecule has 0 bridgehead atoms. The zero-order valence-corrected chi connectivity index (χ0v) is 14.9. The summed E-state index contributed by atoms with van der Waals surface area (Å²) in [5, 5.41) is -0.113. The van der Waals surface area contributed by atoms with Crippen LogP contribution in [0.2, 0.25) is 0 Å². The Morgan fingerprint density at radius 3 is 2.32 bits per heavy atom. The molecule has 3 nitrogen and oxygen atoms in total. The van der Waals surface area contributed by atoms with E-state index in [-0.39, 0.29) is 28.4 Å². The molecule has 1 aromatic carbocycles. The highest BCUT2D eigenvalue weighted by atomic mass is 19.4. The molecule has 0 atom stereocenters. The van der Waals surface area contributed by atoms with E-state index in [0.717, 1.165) is 12.8 Å². The minimum atomic E-state index is -4.63. The summed E-state index contributed by atoms with van der Waals surface area (Å²) in [6, 6.07) is 4.03. The summed E-state index contributed by atoms with van der Waals surface area (Å²) in [5.41, 5.74) is -2.34. The number of alkyl halides is 3. The highest BCUT2D eigenvalue weighted by Gasteiger charge is 2.38. The minimum Gasteiger partial charge on any atom is -0.497 e. The van der Waals surface area contributed by atoms with E-state index in [2.05, 4.69) is 0 Å². The van der Waals surface area contributed by atoms with Gasteiger partial charge in [-0.25, -0.2) is 4.79 Å². The molecule has 0 radical (unpaired) electrons. The van der Waals surface area contributed by atoms with Crippen molar-refractivity contribution in [2.75, 3.05) is 7.11 Å². The third-order valence-electron chi connectivity index (χ3n) is 5.18. The van der Waals surface area contributed by atoms with Crippen LogP contribution >= 0.6 is 0 Å². The fraction of sp³-hybridized carbons (Fsp3) is 0.526. The van der Waals surface area contributed by atoms with Crippen LogP contribution in [0.4, 0.5) is 13.2 Å². The normalized spacial score (nSPS) is 12.6. The van der Waals surface area contributed by atoms with E-state index >= 15 is 0 Å². The topological polar surface area (TPSA) is 39.4 Å². The first-order valence-electron chi connectivity index (χ1n) is 8.36. The molecule has 1 heterocycles. The van der Waals surface area contributed by atoms with Gasteiger partial charge in [-0.3, -0.25) is 0 Å². The first kappa shape index (κ1) is 19.3. The number of hydrogen-bond acceptors (Lipinski definition) is 3. The molecule has 138 valence electrons. The predicted octanol–water partition coefficient (Wildman–Crippen LogP) is 5.58. The van der Waals surface area contributed by atoms with Crippen molar-refractivity contribution in [2.24, 2.45) is 5.41 Å². The van der Waals surface area contributed by atoms with Gasteiger partial charge in [0.15, 0.2) is 0 Å². The summed E-state index contributed by atoms with van der Waals surface area (Å²) in [4.78, 5) is 12.3. The van der Waals surface area contributed by atoms with Gasteiger partial charge < -0.3 is 9.15 Å². The Hall–Kier alpha value is -1.98. The molecule has 0 aliphatic rings. The Labute approximate surface area is 144 Å². The Bertz CT molecular complexity index is 802. The molecule has 6 heteroatoms. The third kappa shape index (κ3) is 3.99. The minimum absolute atomic E-state index is 0.0390. The van der Waals surface area contributed by atoms with Crippen LogP contribution in [0.25, 0.3) is 11.0 Å². The molecule has 0 unspecified atom stereocenters. The molecule has 0 aliphatic carbocycles. The van der Waals surface area contributed by atoms with Crippen molar-refractivity contribution in [3.63, 3.8) is 0 Å². The van der Waals surface area contributed by atoms with E-state index in [1.54, 1.807) is 0 Å². The van der Waals surface area contributed by atoms with Crippen LogP contribution in [0.3, 0.4) is 0 Å². The third-order valence-corrected chi connectivity index (χ3v) is 5.18. The van der Waals surface area contributed by atoms with E-state index < -0.39 is 17.4 Å². The second-order valence-corrected chi connectivity index (χ2v) is 6.62. The maximum Gasteiger partial charge on any atom is 0.417 e. The summed E-state index contributed by atoms with van der Waals surface area (Å²) in [6.07, 6.45) is -2.43. The number of halogens is 3. The highest BCUT2D eigenvalue weighted by Crippen LogP contribution is 2.39. The van der Waals surface area contributed by atoms with Gasteiger partial charge in [0.25, 0.3) is 0 Å². The second kappa shape index (κ2) is 7.10. The molecule has 2 rings (SSSR count). The lowest BCUT2D eigenvalue weighted by atomic mass is 9.79. The van der Waals surface area contributed by atoms with Gasteiger partial charge >= 0.3 is 11.8 Å². The molecule has 2 aromatic rings. The fourth-order valence-corrected chi connectivity index (χ4v) is 2.93. The smallest absolute Gasteiger partial charge is 0.417 e. The first-order valence-corrected chi connectivity index (χ1v) is 8.36. The zero-order valence-electron chi connectivity index (χ0n) is 14.9. The van der Waals surface area contributed by atoms with Crippen LogP contribution in [-0.4, -0.2) is 7.11 Å².